The molecule has 0 radical (unpaired) electrons. The molecule has 0 fully saturated rings. The summed E-state index contributed by atoms with van der Waals surface area (Å²) in [4.78, 5) is 0. The summed E-state index contributed by atoms with van der Waals surface area (Å²) in [6, 6.07) is 6.43. The molecule has 0 aliphatic rings. The number of aryl methyl sites for hydroxylation is 1. The molecule has 1 N–H and O–H groups in total. The minimum absolute atomic E-state index is 0.898. The highest BCUT2D eigenvalue weighted by molar-refractivity contribution is 9.10. The maximum atomic E-state index is 4.44. The van der Waals surface area contributed by atoms with E-state index in [2.05, 4.69) is 58.4 Å². The average Bonchev–Trinajstić information content (AvgIpc) is 2.72. The van der Waals surface area contributed by atoms with Crippen LogP contribution in [-0.2, 0) is 6.54 Å². The number of halogens is 1. The van der Waals surface area contributed by atoms with Crippen LogP contribution in [0.4, 0.5) is 0 Å². The van der Waals surface area contributed by atoms with Gasteiger partial charge in [0.15, 0.2) is 0 Å². The van der Waals surface area contributed by atoms with Crippen LogP contribution in [-0.4, -0.2) is 23.4 Å². The lowest BCUT2D eigenvalue weighted by Gasteiger charge is -2.06. The van der Waals surface area contributed by atoms with Crippen LogP contribution in [0.1, 0.15) is 11.3 Å². The van der Waals surface area contributed by atoms with Gasteiger partial charge in [-0.2, -0.15) is 5.10 Å². The van der Waals surface area contributed by atoms with Gasteiger partial charge in [-0.3, -0.25) is 4.68 Å². The summed E-state index contributed by atoms with van der Waals surface area (Å²) in [5.41, 5.74) is 4.87. The van der Waals surface area contributed by atoms with Gasteiger partial charge in [0, 0.05) is 22.3 Å². The molecule has 1 heterocycles. The van der Waals surface area contributed by atoms with Crippen LogP contribution in [0.2, 0.25) is 0 Å². The Bertz CT molecular complexity index is 546. The van der Waals surface area contributed by atoms with Crippen LogP contribution in [0.25, 0.3) is 11.1 Å². The first-order valence-electron chi connectivity index (χ1n) is 6.07. The SMILES string of the molecule is CNCCn1ncc(-c2ccc(C)c(Br)c2)c1C. The van der Waals surface area contributed by atoms with Crippen LogP contribution in [0.15, 0.2) is 28.9 Å². The highest BCUT2D eigenvalue weighted by Crippen LogP contribution is 2.27. The first-order chi connectivity index (χ1) is 8.63. The summed E-state index contributed by atoms with van der Waals surface area (Å²) in [6.07, 6.45) is 1.95. The van der Waals surface area contributed by atoms with Gasteiger partial charge in [0.25, 0.3) is 0 Å². The number of nitrogens with one attached hydrogen (secondary N) is 1. The van der Waals surface area contributed by atoms with Crippen molar-refractivity contribution in [3.05, 3.63) is 40.1 Å². The van der Waals surface area contributed by atoms with Crippen LogP contribution in [0.3, 0.4) is 0 Å². The van der Waals surface area contributed by atoms with Crippen molar-refractivity contribution in [1.82, 2.24) is 15.1 Å². The molecule has 0 amide bonds. The van der Waals surface area contributed by atoms with Gasteiger partial charge in [0.05, 0.1) is 12.7 Å². The van der Waals surface area contributed by atoms with E-state index in [0.717, 1.165) is 17.6 Å². The molecule has 0 saturated heterocycles. The topological polar surface area (TPSA) is 29.9 Å². The number of hydrogen-bond donors (Lipinski definition) is 1. The largest absolute Gasteiger partial charge is 0.318 e. The third-order valence-electron chi connectivity index (χ3n) is 3.16. The maximum Gasteiger partial charge on any atom is 0.0571 e. The first-order valence-corrected chi connectivity index (χ1v) is 6.86. The fourth-order valence-electron chi connectivity index (χ4n) is 1.93. The Morgan fingerprint density at radius 2 is 2.11 bits per heavy atom. The Balaban J connectivity index is 2.33. The summed E-state index contributed by atoms with van der Waals surface area (Å²) in [7, 11) is 1.96. The lowest BCUT2D eigenvalue weighted by atomic mass is 10.1. The van der Waals surface area contributed by atoms with Gasteiger partial charge >= 0.3 is 0 Å². The molecular formula is C14H18BrN3. The number of likely N-dealkylation sites (N-methyl/N-ethyl adjacent to an activating group) is 1. The second-order valence-electron chi connectivity index (χ2n) is 4.43. The molecule has 0 aliphatic carbocycles. The molecule has 0 aliphatic heterocycles. The molecule has 1 aromatic heterocycles. The number of nitrogens with zero attached hydrogens (tertiary/aromatic N) is 2. The zero-order valence-electron chi connectivity index (χ0n) is 11.0. The van der Waals surface area contributed by atoms with E-state index in [1.165, 1.54) is 22.4 Å². The Morgan fingerprint density at radius 1 is 1.33 bits per heavy atom. The summed E-state index contributed by atoms with van der Waals surface area (Å²) in [5.74, 6) is 0. The molecule has 96 valence electrons. The molecule has 3 nitrogen and oxygen atoms in total. The van der Waals surface area contributed by atoms with Gasteiger partial charge in [-0.15, -0.1) is 0 Å². The van der Waals surface area contributed by atoms with E-state index in [-0.39, 0.29) is 0 Å². The predicted molar refractivity (Wildman–Crippen MR) is 78.8 cm³/mol. The van der Waals surface area contributed by atoms with E-state index in [9.17, 15) is 0 Å². The molecule has 0 saturated carbocycles. The number of benzene rings is 1. The third kappa shape index (κ3) is 2.65. The minimum Gasteiger partial charge on any atom is -0.318 e. The summed E-state index contributed by atoms with van der Waals surface area (Å²) < 4.78 is 3.18. The van der Waals surface area contributed by atoms with E-state index in [4.69, 9.17) is 0 Å². The number of aromatic nitrogens is 2. The van der Waals surface area contributed by atoms with Crippen LogP contribution < -0.4 is 5.32 Å². The molecule has 1 aromatic carbocycles. The molecule has 4 heteroatoms. The average molecular weight is 308 g/mol. The van der Waals surface area contributed by atoms with Gasteiger partial charge in [-0.05, 0) is 38.1 Å². The summed E-state index contributed by atoms with van der Waals surface area (Å²) in [6.45, 7) is 6.04. The van der Waals surface area contributed by atoms with E-state index in [1.54, 1.807) is 0 Å². The lowest BCUT2D eigenvalue weighted by molar-refractivity contribution is 0.572. The van der Waals surface area contributed by atoms with E-state index < -0.39 is 0 Å². The van der Waals surface area contributed by atoms with Gasteiger partial charge in [-0.1, -0.05) is 28.1 Å². The Kier molecular flexibility index (Phi) is 4.19. The van der Waals surface area contributed by atoms with Gasteiger partial charge in [-0.25, -0.2) is 0 Å². The summed E-state index contributed by atoms with van der Waals surface area (Å²) >= 11 is 3.58. The first kappa shape index (κ1) is 13.3. The van der Waals surface area contributed by atoms with Crippen molar-refractivity contribution in [3.63, 3.8) is 0 Å². The molecule has 0 unspecified atom stereocenters. The smallest absolute Gasteiger partial charge is 0.0571 e. The fourth-order valence-corrected chi connectivity index (χ4v) is 2.31. The van der Waals surface area contributed by atoms with E-state index >= 15 is 0 Å². The molecule has 0 atom stereocenters. The van der Waals surface area contributed by atoms with Crippen LogP contribution in [0.5, 0.6) is 0 Å². The predicted octanol–water partition coefficient (Wildman–Crippen LogP) is 3.15. The number of rotatable bonds is 4. The highest BCUT2D eigenvalue weighted by atomic mass is 79.9. The molecule has 0 bridgehead atoms. The van der Waals surface area contributed by atoms with Crippen molar-refractivity contribution in [2.45, 2.75) is 20.4 Å². The Hall–Kier alpha value is -1.13. The van der Waals surface area contributed by atoms with Crippen molar-refractivity contribution in [3.8, 4) is 11.1 Å². The van der Waals surface area contributed by atoms with Crippen molar-refractivity contribution < 1.29 is 0 Å². The van der Waals surface area contributed by atoms with Gasteiger partial charge < -0.3 is 5.32 Å². The molecule has 2 aromatic rings. The molecule has 2 rings (SSSR count). The molecular weight excluding hydrogens is 290 g/mol. The zero-order valence-corrected chi connectivity index (χ0v) is 12.6. The van der Waals surface area contributed by atoms with Crippen molar-refractivity contribution in [2.75, 3.05) is 13.6 Å². The van der Waals surface area contributed by atoms with E-state index in [0.29, 0.717) is 0 Å². The monoisotopic (exact) mass is 307 g/mol. The van der Waals surface area contributed by atoms with Gasteiger partial charge in [0.2, 0.25) is 0 Å². The third-order valence-corrected chi connectivity index (χ3v) is 4.01. The standard InChI is InChI=1S/C14H18BrN3/c1-10-4-5-12(8-14(10)15)13-9-17-18(11(13)2)7-6-16-3/h4-5,8-9,16H,6-7H2,1-3H3. The second-order valence-corrected chi connectivity index (χ2v) is 5.29. The fraction of sp³-hybridized carbons (Fsp3) is 0.357. The zero-order chi connectivity index (χ0) is 13.1. The van der Waals surface area contributed by atoms with Crippen molar-refractivity contribution in [1.29, 1.82) is 0 Å². The normalized spacial score (nSPS) is 10.9. The minimum atomic E-state index is 0.898. The second kappa shape index (κ2) is 5.67. The lowest BCUT2D eigenvalue weighted by Crippen LogP contribution is -2.16. The van der Waals surface area contributed by atoms with E-state index in [1.807, 2.05) is 17.9 Å². The quantitative estimate of drug-likeness (QED) is 0.940. The maximum absolute atomic E-state index is 4.44. The molecule has 18 heavy (non-hydrogen) atoms. The van der Waals surface area contributed by atoms with Crippen LogP contribution >= 0.6 is 15.9 Å². The highest BCUT2D eigenvalue weighted by Gasteiger charge is 2.09. The summed E-state index contributed by atoms with van der Waals surface area (Å²) in [5, 5.41) is 7.58. The van der Waals surface area contributed by atoms with Crippen LogP contribution in [0, 0.1) is 13.8 Å². The van der Waals surface area contributed by atoms with Gasteiger partial charge in [0.1, 0.15) is 0 Å². The van der Waals surface area contributed by atoms with Crippen molar-refractivity contribution in [2.24, 2.45) is 0 Å². The Labute approximate surface area is 116 Å². The Morgan fingerprint density at radius 3 is 2.78 bits per heavy atom. The van der Waals surface area contributed by atoms with Crippen molar-refractivity contribution >= 4 is 15.9 Å². The molecule has 0 spiro atoms. The number of hydrogen-bond acceptors (Lipinski definition) is 2.